The summed E-state index contributed by atoms with van der Waals surface area (Å²) in [6.07, 6.45) is 1.94. The van der Waals surface area contributed by atoms with Crippen LogP contribution in [0.25, 0.3) is 0 Å². The molecule has 3 rings (SSSR count). The van der Waals surface area contributed by atoms with Gasteiger partial charge in [-0.2, -0.15) is 4.57 Å². The molecular formula is C20H17NO4S. The third kappa shape index (κ3) is 4.22. The van der Waals surface area contributed by atoms with Crippen LogP contribution in [0.15, 0.2) is 83.9 Å². The number of carbonyl (C=O) groups is 1. The average molecular weight is 367 g/mol. The van der Waals surface area contributed by atoms with Gasteiger partial charge in [-0.3, -0.25) is 4.79 Å². The van der Waals surface area contributed by atoms with Gasteiger partial charge in [-0.15, -0.1) is 0 Å². The van der Waals surface area contributed by atoms with Crippen molar-refractivity contribution >= 4 is 15.9 Å². The van der Waals surface area contributed by atoms with E-state index in [-0.39, 0.29) is 23.6 Å². The highest BCUT2D eigenvalue weighted by Gasteiger charge is 2.21. The van der Waals surface area contributed by atoms with Crippen molar-refractivity contribution in [2.24, 2.45) is 0 Å². The molecule has 0 aliphatic heterocycles. The summed E-state index contributed by atoms with van der Waals surface area (Å²) >= 11 is 0. The predicted octanol–water partition coefficient (Wildman–Crippen LogP) is 2.35. The molecule has 0 radical (unpaired) electrons. The summed E-state index contributed by atoms with van der Waals surface area (Å²) in [4.78, 5) is 12.4. The first-order chi connectivity index (χ1) is 12.4. The maximum Gasteiger partial charge on any atom is 0.249 e. The molecule has 0 N–H and O–H groups in total. The fraction of sp³-hybridized carbons (Fsp3) is 0.100. The summed E-state index contributed by atoms with van der Waals surface area (Å²) in [5.41, 5.74) is 1.71. The molecule has 0 saturated carbocycles. The lowest BCUT2D eigenvalue weighted by Gasteiger charge is -2.11. The quantitative estimate of drug-likeness (QED) is 0.381. The molecule has 26 heavy (non-hydrogen) atoms. The molecule has 1 heterocycles. The van der Waals surface area contributed by atoms with E-state index in [0.717, 1.165) is 5.56 Å². The summed E-state index contributed by atoms with van der Waals surface area (Å²) in [6, 6.07) is 20.6. The van der Waals surface area contributed by atoms with Crippen LogP contribution in [0.2, 0.25) is 0 Å². The van der Waals surface area contributed by atoms with Gasteiger partial charge in [0.2, 0.25) is 11.5 Å². The zero-order chi connectivity index (χ0) is 18.6. The summed E-state index contributed by atoms with van der Waals surface area (Å²) < 4.78 is 36.1. The number of rotatable bonds is 6. The number of hydrogen-bond acceptors (Lipinski definition) is 4. The Morgan fingerprint density at radius 2 is 1.54 bits per heavy atom. The van der Waals surface area contributed by atoms with Crippen LogP contribution >= 0.6 is 0 Å². The fourth-order valence-electron chi connectivity index (χ4n) is 2.80. The molecule has 132 valence electrons. The standard InChI is InChI=1S/C20H17NO4S/c22-19(14-16-8-2-1-3-9-16)18-11-6-7-13-21(18)15-17-10-4-5-12-20(17)26(23,24)25/h1-13H,14-15H2. The second-order valence-electron chi connectivity index (χ2n) is 5.86. The van der Waals surface area contributed by atoms with Crippen LogP contribution in [-0.4, -0.2) is 18.8 Å². The Morgan fingerprint density at radius 1 is 0.885 bits per heavy atom. The minimum absolute atomic E-state index is 0.0840. The Kier molecular flexibility index (Phi) is 5.25. The molecule has 0 spiro atoms. The van der Waals surface area contributed by atoms with E-state index < -0.39 is 10.1 Å². The van der Waals surface area contributed by atoms with Crippen LogP contribution in [0.5, 0.6) is 0 Å². The van der Waals surface area contributed by atoms with E-state index in [4.69, 9.17) is 0 Å². The van der Waals surface area contributed by atoms with Crippen molar-refractivity contribution in [2.45, 2.75) is 17.9 Å². The number of pyridine rings is 1. The Bertz CT molecular complexity index is 1030. The van der Waals surface area contributed by atoms with Crippen LogP contribution < -0.4 is 4.57 Å². The monoisotopic (exact) mass is 367 g/mol. The van der Waals surface area contributed by atoms with Gasteiger partial charge in [0.1, 0.15) is 10.1 Å². The highest BCUT2D eigenvalue weighted by molar-refractivity contribution is 7.85. The summed E-state index contributed by atoms with van der Waals surface area (Å²) in [7, 11) is -4.58. The first kappa shape index (κ1) is 18.0. The number of hydrogen-bond donors (Lipinski definition) is 0. The van der Waals surface area contributed by atoms with Crippen molar-refractivity contribution in [3.05, 3.63) is 95.8 Å². The van der Waals surface area contributed by atoms with Gasteiger partial charge in [0.15, 0.2) is 12.7 Å². The third-order valence-electron chi connectivity index (χ3n) is 4.02. The highest BCUT2D eigenvalue weighted by atomic mass is 32.2. The number of nitrogens with zero attached hydrogens (tertiary/aromatic N) is 1. The van der Waals surface area contributed by atoms with Crippen molar-refractivity contribution in [1.82, 2.24) is 0 Å². The molecule has 2 aromatic carbocycles. The molecule has 0 unspecified atom stereocenters. The van der Waals surface area contributed by atoms with Crippen molar-refractivity contribution < 1.29 is 22.3 Å². The smallest absolute Gasteiger partial charge is 0.249 e. The van der Waals surface area contributed by atoms with Crippen LogP contribution in [0.4, 0.5) is 0 Å². The van der Waals surface area contributed by atoms with E-state index >= 15 is 0 Å². The first-order valence-electron chi connectivity index (χ1n) is 8.04. The normalized spacial score (nSPS) is 11.3. The first-order valence-corrected chi connectivity index (χ1v) is 9.45. The molecule has 5 nitrogen and oxygen atoms in total. The molecule has 0 aliphatic rings. The number of aromatic nitrogens is 1. The maximum absolute atomic E-state index is 12.7. The Balaban J connectivity index is 1.93. The highest BCUT2D eigenvalue weighted by Crippen LogP contribution is 2.15. The van der Waals surface area contributed by atoms with Crippen LogP contribution in [0, 0.1) is 0 Å². The van der Waals surface area contributed by atoms with E-state index in [1.807, 2.05) is 30.3 Å². The van der Waals surface area contributed by atoms with Gasteiger partial charge >= 0.3 is 0 Å². The van der Waals surface area contributed by atoms with E-state index in [1.54, 1.807) is 41.1 Å². The minimum atomic E-state index is -4.58. The molecule has 0 aliphatic carbocycles. The Morgan fingerprint density at radius 3 is 2.27 bits per heavy atom. The van der Waals surface area contributed by atoms with Gasteiger partial charge < -0.3 is 4.55 Å². The minimum Gasteiger partial charge on any atom is -0.744 e. The molecule has 0 saturated heterocycles. The van der Waals surface area contributed by atoms with Crippen LogP contribution in [-0.2, 0) is 23.1 Å². The largest absolute Gasteiger partial charge is 0.744 e. The Labute approximate surface area is 152 Å². The predicted molar refractivity (Wildman–Crippen MR) is 94.6 cm³/mol. The second-order valence-corrected chi connectivity index (χ2v) is 7.21. The van der Waals surface area contributed by atoms with Gasteiger partial charge in [0.25, 0.3) is 0 Å². The summed E-state index contributed by atoms with van der Waals surface area (Å²) in [6.45, 7) is 0.119. The lowest BCUT2D eigenvalue weighted by atomic mass is 10.1. The van der Waals surface area contributed by atoms with E-state index in [9.17, 15) is 17.8 Å². The fourth-order valence-corrected chi connectivity index (χ4v) is 3.50. The molecule has 0 bridgehead atoms. The molecule has 0 atom stereocenters. The van der Waals surface area contributed by atoms with E-state index in [2.05, 4.69) is 0 Å². The molecule has 1 aromatic heterocycles. The van der Waals surface area contributed by atoms with Crippen LogP contribution in [0.1, 0.15) is 21.6 Å². The van der Waals surface area contributed by atoms with Gasteiger partial charge in [-0.25, -0.2) is 8.42 Å². The average Bonchev–Trinajstić information content (AvgIpc) is 2.62. The van der Waals surface area contributed by atoms with Crippen LogP contribution in [0.3, 0.4) is 0 Å². The van der Waals surface area contributed by atoms with Gasteiger partial charge in [-0.1, -0.05) is 48.5 Å². The summed E-state index contributed by atoms with van der Waals surface area (Å²) in [5.74, 6) is -0.0840. The van der Waals surface area contributed by atoms with E-state index in [1.165, 1.54) is 12.1 Å². The van der Waals surface area contributed by atoms with Crippen molar-refractivity contribution in [3.63, 3.8) is 0 Å². The number of ketones is 1. The molecule has 6 heteroatoms. The third-order valence-corrected chi connectivity index (χ3v) is 4.95. The lowest BCUT2D eigenvalue weighted by Crippen LogP contribution is -2.41. The lowest BCUT2D eigenvalue weighted by molar-refractivity contribution is -0.690. The number of Topliss-reactive ketones (excluding diaryl/α,β-unsaturated/α-hetero) is 1. The molecule has 0 fully saturated rings. The van der Waals surface area contributed by atoms with E-state index in [0.29, 0.717) is 11.3 Å². The number of benzene rings is 2. The zero-order valence-corrected chi connectivity index (χ0v) is 14.7. The molecule has 3 aromatic rings. The number of carbonyl (C=O) groups excluding carboxylic acids is 1. The Hall–Kier alpha value is -2.83. The van der Waals surface area contributed by atoms with Gasteiger partial charge in [0, 0.05) is 24.1 Å². The SMILES string of the molecule is O=C(Cc1ccccc1)c1cccc[n+]1Cc1ccccc1S(=O)(=O)[O-]. The van der Waals surface area contributed by atoms with Gasteiger partial charge in [-0.05, 0) is 17.7 Å². The second kappa shape index (κ2) is 7.59. The maximum atomic E-state index is 12.7. The molecular weight excluding hydrogens is 350 g/mol. The van der Waals surface area contributed by atoms with Gasteiger partial charge in [0.05, 0.1) is 4.90 Å². The molecule has 0 amide bonds. The van der Waals surface area contributed by atoms with Crippen molar-refractivity contribution in [3.8, 4) is 0 Å². The zero-order valence-electron chi connectivity index (χ0n) is 13.9. The van der Waals surface area contributed by atoms with Crippen molar-refractivity contribution in [2.75, 3.05) is 0 Å². The summed E-state index contributed by atoms with van der Waals surface area (Å²) in [5, 5.41) is 0. The van der Waals surface area contributed by atoms with Crippen molar-refractivity contribution in [1.29, 1.82) is 0 Å². The topological polar surface area (TPSA) is 78.1 Å².